The minimum absolute atomic E-state index is 0.0325. The number of unbranched alkanes of at least 4 members (excludes halogenated alkanes) is 2. The van der Waals surface area contributed by atoms with Gasteiger partial charge in [-0.3, -0.25) is 9.59 Å². The van der Waals surface area contributed by atoms with Gasteiger partial charge >= 0.3 is 0 Å². The predicted molar refractivity (Wildman–Crippen MR) is 161 cm³/mol. The third kappa shape index (κ3) is 6.27. The Labute approximate surface area is 246 Å². The van der Waals surface area contributed by atoms with Gasteiger partial charge in [-0.2, -0.15) is 5.21 Å². The van der Waals surface area contributed by atoms with Crippen molar-refractivity contribution in [1.29, 1.82) is 0 Å². The molecule has 0 unspecified atom stereocenters. The Morgan fingerprint density at radius 1 is 1.17 bits per heavy atom. The quantitative estimate of drug-likeness (QED) is 0.284. The zero-order valence-corrected chi connectivity index (χ0v) is 25.3. The number of amides is 2. The van der Waals surface area contributed by atoms with E-state index in [9.17, 15) is 9.59 Å². The molecule has 5 rings (SSSR count). The van der Waals surface area contributed by atoms with Gasteiger partial charge in [-0.15, -0.1) is 21.5 Å². The molecule has 2 N–H and O–H groups in total. The van der Waals surface area contributed by atoms with Crippen LogP contribution >= 0.6 is 11.3 Å². The number of rotatable bonds is 10. The number of carbonyl (C=O) groups excluding carboxylic acids is 2. The molecule has 1 saturated carbocycles. The van der Waals surface area contributed by atoms with Crippen molar-refractivity contribution in [1.82, 2.24) is 30.8 Å². The monoisotopic (exact) mass is 575 g/mol. The normalized spacial score (nSPS) is 21.8. The average molecular weight is 576 g/mol. The van der Waals surface area contributed by atoms with Crippen molar-refractivity contribution in [3.05, 3.63) is 63.6 Å². The highest BCUT2D eigenvalue weighted by Gasteiger charge is 2.52. The zero-order valence-electron chi connectivity index (χ0n) is 24.5. The molecule has 3 heterocycles. The molecule has 218 valence electrons. The van der Waals surface area contributed by atoms with E-state index in [0.29, 0.717) is 23.0 Å². The first-order chi connectivity index (χ1) is 19.7. The Balaban J connectivity index is 1.44. The third-order valence-corrected chi connectivity index (χ3v) is 9.58. The highest BCUT2D eigenvalue weighted by Crippen LogP contribution is 2.50. The maximum Gasteiger partial charge on any atom is 0.276 e. The van der Waals surface area contributed by atoms with Gasteiger partial charge in [0.15, 0.2) is 5.82 Å². The number of nitrogens with zero attached hydrogens (tertiary/aromatic N) is 5. The smallest absolute Gasteiger partial charge is 0.276 e. The molecule has 3 aromatic rings. The molecule has 1 aliphatic heterocycles. The molecule has 9 nitrogen and oxygen atoms in total. The lowest BCUT2D eigenvalue weighted by atomic mass is 9.69. The van der Waals surface area contributed by atoms with E-state index in [1.807, 2.05) is 41.8 Å². The maximum absolute atomic E-state index is 14.3. The third-order valence-electron chi connectivity index (χ3n) is 8.70. The Morgan fingerprint density at radius 2 is 1.93 bits per heavy atom. The van der Waals surface area contributed by atoms with Crippen LogP contribution in [0.1, 0.15) is 112 Å². The first-order valence-corrected chi connectivity index (χ1v) is 15.7. The summed E-state index contributed by atoms with van der Waals surface area (Å²) >= 11 is 1.58. The fraction of sp³-hybridized carbons (Fsp3) is 0.548. The molecule has 0 saturated heterocycles. The van der Waals surface area contributed by atoms with Gasteiger partial charge in [0.1, 0.15) is 11.4 Å². The Bertz CT molecular complexity index is 1340. The highest BCUT2D eigenvalue weighted by atomic mass is 32.1. The summed E-state index contributed by atoms with van der Waals surface area (Å²) in [5.74, 6) is 0.855. The van der Waals surface area contributed by atoms with Crippen molar-refractivity contribution in [3.63, 3.8) is 0 Å². The lowest BCUT2D eigenvalue weighted by Gasteiger charge is -2.47. The van der Waals surface area contributed by atoms with Crippen LogP contribution in [0.4, 0.5) is 0 Å². The molecule has 1 spiro atoms. The number of tetrazole rings is 1. The number of aromatic nitrogens is 4. The largest absolute Gasteiger partial charge is 0.345 e. The molecule has 41 heavy (non-hydrogen) atoms. The van der Waals surface area contributed by atoms with Crippen LogP contribution in [0.25, 0.3) is 0 Å². The fourth-order valence-electron chi connectivity index (χ4n) is 6.33. The summed E-state index contributed by atoms with van der Waals surface area (Å²) in [6, 6.07) is 11.6. The van der Waals surface area contributed by atoms with Crippen LogP contribution in [0.15, 0.2) is 46.8 Å². The molecular formula is C31H41N7O2S. The van der Waals surface area contributed by atoms with Gasteiger partial charge in [0.2, 0.25) is 0 Å². The van der Waals surface area contributed by atoms with Gasteiger partial charge in [0.05, 0.1) is 17.5 Å². The van der Waals surface area contributed by atoms with Crippen molar-refractivity contribution in [2.75, 3.05) is 0 Å². The van der Waals surface area contributed by atoms with E-state index < -0.39 is 5.66 Å². The summed E-state index contributed by atoms with van der Waals surface area (Å²) in [4.78, 5) is 35.4. The average Bonchev–Trinajstić information content (AvgIpc) is 3.73. The van der Waals surface area contributed by atoms with Crippen molar-refractivity contribution >= 4 is 28.9 Å². The SMILES string of the molecule is CCCCC[C@H](c1ccc(C(=O)NCc2nn[nH]n2)cc1)N1C(=O)C(c2cccs2)=NC12CCC(C(C)(C)C)CC2. The lowest BCUT2D eigenvalue weighted by molar-refractivity contribution is -0.133. The van der Waals surface area contributed by atoms with E-state index >= 15 is 0 Å². The highest BCUT2D eigenvalue weighted by molar-refractivity contribution is 7.13. The van der Waals surface area contributed by atoms with Crippen LogP contribution in [0.5, 0.6) is 0 Å². The summed E-state index contributed by atoms with van der Waals surface area (Å²) in [5, 5.41) is 18.5. The van der Waals surface area contributed by atoms with Gasteiger partial charge in [-0.05, 0) is 72.6 Å². The van der Waals surface area contributed by atoms with Crippen LogP contribution in [0, 0.1) is 11.3 Å². The molecule has 2 aliphatic rings. The van der Waals surface area contributed by atoms with Gasteiger partial charge in [-0.25, -0.2) is 4.99 Å². The lowest BCUT2D eigenvalue weighted by Crippen LogP contribution is -2.51. The van der Waals surface area contributed by atoms with Crippen molar-refractivity contribution in [2.45, 2.75) is 97.3 Å². The molecule has 2 amide bonds. The number of nitrogens with one attached hydrogen (secondary N) is 2. The minimum atomic E-state index is -0.532. The topological polar surface area (TPSA) is 116 Å². The molecule has 0 radical (unpaired) electrons. The number of thiophene rings is 1. The first-order valence-electron chi connectivity index (χ1n) is 14.8. The zero-order chi connectivity index (χ0) is 29.0. The number of benzene rings is 1. The molecule has 1 aliphatic carbocycles. The predicted octanol–water partition coefficient (Wildman–Crippen LogP) is 6.08. The first kappa shape index (κ1) is 29.1. The molecule has 2 aromatic heterocycles. The van der Waals surface area contributed by atoms with E-state index in [4.69, 9.17) is 4.99 Å². The van der Waals surface area contributed by atoms with Crippen LogP contribution < -0.4 is 5.32 Å². The molecule has 1 atom stereocenters. The molecule has 1 fully saturated rings. The van der Waals surface area contributed by atoms with Crippen molar-refractivity contribution < 1.29 is 9.59 Å². The van der Waals surface area contributed by atoms with Crippen molar-refractivity contribution in [2.24, 2.45) is 16.3 Å². The second-order valence-corrected chi connectivity index (χ2v) is 13.3. The number of H-pyrrole nitrogens is 1. The Morgan fingerprint density at radius 3 is 2.54 bits per heavy atom. The number of carbonyl (C=O) groups is 2. The van der Waals surface area contributed by atoms with Crippen LogP contribution in [-0.4, -0.2) is 48.7 Å². The van der Waals surface area contributed by atoms with Gasteiger partial charge < -0.3 is 10.2 Å². The number of aliphatic imine (C=N–C) groups is 1. The molecule has 0 bridgehead atoms. The van der Waals surface area contributed by atoms with E-state index in [1.165, 1.54) is 0 Å². The molecule has 1 aromatic carbocycles. The van der Waals surface area contributed by atoms with Crippen molar-refractivity contribution in [3.8, 4) is 0 Å². The molecular weight excluding hydrogens is 534 g/mol. The second-order valence-electron chi connectivity index (χ2n) is 12.4. The summed E-state index contributed by atoms with van der Waals surface area (Å²) in [7, 11) is 0. The summed E-state index contributed by atoms with van der Waals surface area (Å²) in [6.07, 6.45) is 7.94. The Kier molecular flexibility index (Phi) is 8.68. The summed E-state index contributed by atoms with van der Waals surface area (Å²) < 4.78 is 0. The van der Waals surface area contributed by atoms with E-state index in [2.05, 4.69) is 58.5 Å². The van der Waals surface area contributed by atoms with Gasteiger partial charge in [0, 0.05) is 5.56 Å². The van der Waals surface area contributed by atoms with E-state index in [-0.39, 0.29) is 29.8 Å². The molecule has 10 heteroatoms. The van der Waals surface area contributed by atoms with Crippen LogP contribution in [0.2, 0.25) is 0 Å². The van der Waals surface area contributed by atoms with Gasteiger partial charge in [0.25, 0.3) is 11.8 Å². The maximum atomic E-state index is 14.3. The van der Waals surface area contributed by atoms with E-state index in [0.717, 1.165) is 61.8 Å². The number of aromatic amines is 1. The standard InChI is InChI=1S/C31H41N7O2S/c1-5-6-7-9-24(21-11-13-22(14-12-21)28(39)32-20-26-34-36-37-35-26)38-29(40)27(25-10-8-19-41-25)33-31(38)17-15-23(16-18-31)30(2,3)4/h8,10-14,19,23-24H,5-7,9,15-18,20H2,1-4H3,(H,32,39)(H,34,35,36,37)/t23?,24-,31?/m1/s1. The summed E-state index contributed by atoms with van der Waals surface area (Å²) in [6.45, 7) is 9.36. The van der Waals surface area contributed by atoms with Crippen LogP contribution in [-0.2, 0) is 11.3 Å². The fourth-order valence-corrected chi connectivity index (χ4v) is 7.03. The van der Waals surface area contributed by atoms with Crippen LogP contribution in [0.3, 0.4) is 0 Å². The Hall–Kier alpha value is -3.40. The number of hydrogen-bond acceptors (Lipinski definition) is 7. The van der Waals surface area contributed by atoms with Gasteiger partial charge in [-0.1, -0.05) is 70.4 Å². The van der Waals surface area contributed by atoms with E-state index in [1.54, 1.807) is 11.3 Å². The minimum Gasteiger partial charge on any atom is -0.345 e. The second kappa shape index (κ2) is 12.2. The summed E-state index contributed by atoms with van der Waals surface area (Å²) in [5.41, 5.74) is 1.90. The number of hydrogen-bond donors (Lipinski definition) is 2.